The molecule has 6 rings (SSSR count). The molecule has 3 aromatic rings. The maximum atomic E-state index is 13.1. The van der Waals surface area contributed by atoms with E-state index >= 15 is 0 Å². The molecule has 32 heavy (non-hydrogen) atoms. The summed E-state index contributed by atoms with van der Waals surface area (Å²) in [6.07, 6.45) is 3.94. The number of aryl methyl sites for hydroxylation is 1. The van der Waals surface area contributed by atoms with E-state index in [4.69, 9.17) is 0 Å². The zero-order valence-corrected chi connectivity index (χ0v) is 19.6. The van der Waals surface area contributed by atoms with E-state index in [9.17, 15) is 9.59 Å². The predicted octanol–water partition coefficient (Wildman–Crippen LogP) is 5.51. The molecule has 2 fully saturated rings. The van der Waals surface area contributed by atoms with Crippen molar-refractivity contribution in [3.8, 4) is 0 Å². The molecule has 164 valence electrons. The van der Waals surface area contributed by atoms with Crippen LogP contribution in [0, 0.1) is 24.7 Å². The fourth-order valence-electron chi connectivity index (χ4n) is 6.19. The van der Waals surface area contributed by atoms with Crippen LogP contribution in [0.4, 0.5) is 5.69 Å². The number of carbonyl (C=O) groups excluding carboxylic acids is 1. The van der Waals surface area contributed by atoms with Gasteiger partial charge in [-0.1, -0.05) is 53.8 Å². The van der Waals surface area contributed by atoms with Crippen molar-refractivity contribution >= 4 is 34.7 Å². The first-order valence-corrected chi connectivity index (χ1v) is 13.1. The molecule has 1 aliphatic heterocycles. The number of hydrogen-bond acceptors (Lipinski definition) is 4. The minimum atomic E-state index is -0.148. The molecule has 2 aliphatic carbocycles. The monoisotopic (exact) mass is 462 g/mol. The first kappa shape index (κ1) is 20.3. The molecule has 6 heteroatoms. The SMILES string of the molecule is Cc1cccc(NC(=O)Cn2c3c(sc2=O)[C@@H](c2ccccc2)[C@@H]2[C@H]4CC[C@@H](C4)[C@H]2S3)c1. The van der Waals surface area contributed by atoms with E-state index in [0.29, 0.717) is 11.2 Å². The van der Waals surface area contributed by atoms with Gasteiger partial charge in [0.1, 0.15) is 6.54 Å². The number of amides is 1. The lowest BCUT2D eigenvalue weighted by molar-refractivity contribution is -0.116. The fraction of sp³-hybridized carbons (Fsp3) is 0.385. The van der Waals surface area contributed by atoms with E-state index in [2.05, 4.69) is 35.6 Å². The van der Waals surface area contributed by atoms with Gasteiger partial charge in [0.05, 0.1) is 5.03 Å². The Morgan fingerprint density at radius 3 is 2.72 bits per heavy atom. The minimum absolute atomic E-state index is 0.0184. The van der Waals surface area contributed by atoms with Crippen molar-refractivity contribution in [1.82, 2.24) is 4.57 Å². The second kappa shape index (κ2) is 7.92. The first-order valence-electron chi connectivity index (χ1n) is 11.4. The van der Waals surface area contributed by atoms with Gasteiger partial charge in [0.25, 0.3) is 0 Å². The Balaban J connectivity index is 1.36. The number of thioether (sulfide) groups is 1. The molecule has 0 spiro atoms. The van der Waals surface area contributed by atoms with Crippen LogP contribution in [0.3, 0.4) is 0 Å². The number of thiazole rings is 1. The van der Waals surface area contributed by atoms with Crippen LogP contribution in [0.1, 0.15) is 41.2 Å². The van der Waals surface area contributed by atoms with Crippen LogP contribution in [0.2, 0.25) is 0 Å². The summed E-state index contributed by atoms with van der Waals surface area (Å²) in [5, 5.41) is 4.55. The Bertz CT molecular complexity index is 1230. The molecular formula is C26H26N2O2S2. The Labute approximate surface area is 196 Å². The maximum Gasteiger partial charge on any atom is 0.308 e. The first-order chi connectivity index (χ1) is 15.6. The summed E-state index contributed by atoms with van der Waals surface area (Å²) in [7, 11) is 0. The van der Waals surface area contributed by atoms with Gasteiger partial charge in [-0.25, -0.2) is 0 Å². The molecule has 5 atom stereocenters. The Hall–Kier alpha value is -2.31. The number of benzene rings is 2. The lowest BCUT2D eigenvalue weighted by atomic mass is 9.75. The van der Waals surface area contributed by atoms with Crippen LogP contribution in [-0.4, -0.2) is 15.7 Å². The molecule has 0 saturated heterocycles. The third kappa shape index (κ3) is 3.35. The molecule has 1 N–H and O–H groups in total. The molecule has 1 aromatic heterocycles. The van der Waals surface area contributed by atoms with Crippen molar-refractivity contribution in [2.75, 3.05) is 5.32 Å². The lowest BCUT2D eigenvalue weighted by Gasteiger charge is -2.40. The number of aromatic nitrogens is 1. The molecule has 2 heterocycles. The van der Waals surface area contributed by atoms with Gasteiger partial charge in [-0.3, -0.25) is 14.2 Å². The molecule has 1 amide bonds. The van der Waals surface area contributed by atoms with Gasteiger partial charge in [0, 0.05) is 21.7 Å². The standard InChI is InChI=1S/C26H26N2O2S2/c1-15-6-5-9-19(12-15)27-20(29)14-28-25-24(32-26(28)30)21(16-7-3-2-4-8-16)22-17-10-11-18(13-17)23(22)31-25/h2-9,12,17-18,21-23H,10-11,13-14H2,1H3,(H,27,29)/t17-,18-,21-,22-,23+/m0/s1. The van der Waals surface area contributed by atoms with Crippen LogP contribution >= 0.6 is 23.1 Å². The summed E-state index contributed by atoms with van der Waals surface area (Å²) in [5.41, 5.74) is 3.18. The third-order valence-electron chi connectivity index (χ3n) is 7.45. The molecule has 2 saturated carbocycles. The van der Waals surface area contributed by atoms with Crippen LogP contribution in [0.5, 0.6) is 0 Å². The van der Waals surface area contributed by atoms with Crippen molar-refractivity contribution < 1.29 is 4.79 Å². The fourth-order valence-corrected chi connectivity index (χ4v) is 9.34. The van der Waals surface area contributed by atoms with E-state index in [1.54, 1.807) is 4.57 Å². The van der Waals surface area contributed by atoms with Crippen LogP contribution < -0.4 is 10.2 Å². The van der Waals surface area contributed by atoms with Crippen molar-refractivity contribution in [2.45, 2.75) is 48.9 Å². The highest BCUT2D eigenvalue weighted by Crippen LogP contribution is 2.63. The number of nitrogens with zero attached hydrogens (tertiary/aromatic N) is 1. The number of hydrogen-bond donors (Lipinski definition) is 1. The summed E-state index contributed by atoms with van der Waals surface area (Å²) in [6, 6.07) is 18.5. The minimum Gasteiger partial charge on any atom is -0.325 e. The van der Waals surface area contributed by atoms with Gasteiger partial charge in [-0.15, -0.1) is 11.8 Å². The van der Waals surface area contributed by atoms with E-state index < -0.39 is 0 Å². The predicted molar refractivity (Wildman–Crippen MR) is 131 cm³/mol. The number of nitrogens with one attached hydrogen (secondary N) is 1. The highest BCUT2D eigenvalue weighted by molar-refractivity contribution is 8.00. The average Bonchev–Trinajstić information content (AvgIpc) is 3.47. The Kier molecular flexibility index (Phi) is 5.03. The Morgan fingerprint density at radius 2 is 1.91 bits per heavy atom. The van der Waals surface area contributed by atoms with E-state index in [-0.39, 0.29) is 23.2 Å². The normalized spacial score (nSPS) is 27.7. The molecule has 2 bridgehead atoms. The summed E-state index contributed by atoms with van der Waals surface area (Å²) in [5.74, 6) is 2.21. The number of rotatable bonds is 4. The highest BCUT2D eigenvalue weighted by Gasteiger charge is 2.55. The van der Waals surface area contributed by atoms with Gasteiger partial charge in [-0.2, -0.15) is 0 Å². The summed E-state index contributed by atoms with van der Waals surface area (Å²) in [4.78, 5) is 27.1. The average molecular weight is 463 g/mol. The third-order valence-corrected chi connectivity index (χ3v) is 10.3. The van der Waals surface area contributed by atoms with Gasteiger partial charge < -0.3 is 5.32 Å². The number of fused-ring (bicyclic) bond motifs is 6. The summed E-state index contributed by atoms with van der Waals surface area (Å²) in [6.45, 7) is 2.07. The van der Waals surface area contributed by atoms with Gasteiger partial charge >= 0.3 is 4.87 Å². The maximum absolute atomic E-state index is 13.1. The van der Waals surface area contributed by atoms with Gasteiger partial charge in [-0.05, 0) is 67.2 Å². The summed E-state index contributed by atoms with van der Waals surface area (Å²) >= 11 is 3.23. The largest absolute Gasteiger partial charge is 0.325 e. The van der Waals surface area contributed by atoms with Crippen molar-refractivity contribution in [3.63, 3.8) is 0 Å². The zero-order valence-electron chi connectivity index (χ0n) is 18.0. The van der Waals surface area contributed by atoms with Crippen LogP contribution in [-0.2, 0) is 11.3 Å². The van der Waals surface area contributed by atoms with Crippen molar-refractivity contribution in [2.24, 2.45) is 17.8 Å². The molecular weight excluding hydrogens is 436 g/mol. The smallest absolute Gasteiger partial charge is 0.308 e. The zero-order chi connectivity index (χ0) is 21.8. The van der Waals surface area contributed by atoms with Crippen molar-refractivity contribution in [3.05, 3.63) is 80.3 Å². The molecule has 3 aliphatic rings. The van der Waals surface area contributed by atoms with Gasteiger partial charge in [0.2, 0.25) is 5.91 Å². The number of anilines is 1. The Morgan fingerprint density at radius 1 is 1.09 bits per heavy atom. The summed E-state index contributed by atoms with van der Waals surface area (Å²) < 4.78 is 1.73. The van der Waals surface area contributed by atoms with Crippen molar-refractivity contribution in [1.29, 1.82) is 0 Å². The molecule has 4 nitrogen and oxygen atoms in total. The molecule has 0 unspecified atom stereocenters. The lowest BCUT2D eigenvalue weighted by Crippen LogP contribution is -2.34. The number of carbonyl (C=O) groups is 1. The van der Waals surface area contributed by atoms with Crippen LogP contribution in [0.15, 0.2) is 64.4 Å². The van der Waals surface area contributed by atoms with Gasteiger partial charge in [0.15, 0.2) is 0 Å². The second-order valence-electron chi connectivity index (χ2n) is 9.42. The van der Waals surface area contributed by atoms with E-state index in [1.807, 2.05) is 43.0 Å². The van der Waals surface area contributed by atoms with E-state index in [1.165, 1.54) is 41.0 Å². The highest BCUT2D eigenvalue weighted by atomic mass is 32.2. The second-order valence-corrected chi connectivity index (χ2v) is 11.6. The molecule has 2 aromatic carbocycles. The van der Waals surface area contributed by atoms with E-state index in [0.717, 1.165) is 28.1 Å². The quantitative estimate of drug-likeness (QED) is 0.556. The van der Waals surface area contributed by atoms with Crippen LogP contribution in [0.25, 0.3) is 0 Å². The topological polar surface area (TPSA) is 51.1 Å². The molecule has 0 radical (unpaired) electrons.